The summed E-state index contributed by atoms with van der Waals surface area (Å²) in [4.78, 5) is 0. The molecule has 0 aromatic carbocycles. The second-order valence-electron chi connectivity index (χ2n) is 3.11. The van der Waals surface area contributed by atoms with Gasteiger partial charge in [-0.3, -0.25) is 10.9 Å². The highest BCUT2D eigenvalue weighted by Gasteiger charge is 2.04. The number of nitrogens with one attached hydrogen (secondary N) is 4. The first-order valence-electron chi connectivity index (χ1n) is 5.27. The standard InChI is InChI=1S/C10H14N6OS2/c1-11-9(18)15-13-6-7(8-4-3-5-17-8)14-16-10(19)12-2/h3-6H,1-2H3,(H2,11,15,18)(H2,12,16,19). The van der Waals surface area contributed by atoms with Crippen molar-refractivity contribution in [3.05, 3.63) is 24.2 Å². The lowest BCUT2D eigenvalue weighted by Gasteiger charge is -2.03. The van der Waals surface area contributed by atoms with E-state index >= 15 is 0 Å². The van der Waals surface area contributed by atoms with Crippen LogP contribution >= 0.6 is 24.4 Å². The number of nitrogens with zero attached hydrogens (tertiary/aromatic N) is 2. The van der Waals surface area contributed by atoms with Gasteiger partial charge in [-0.2, -0.15) is 10.2 Å². The second-order valence-corrected chi connectivity index (χ2v) is 3.93. The Morgan fingerprint density at radius 1 is 1.21 bits per heavy atom. The average molecular weight is 298 g/mol. The van der Waals surface area contributed by atoms with Gasteiger partial charge in [0.15, 0.2) is 16.0 Å². The molecule has 0 atom stereocenters. The predicted molar refractivity (Wildman–Crippen MR) is 83.3 cm³/mol. The molecule has 0 radical (unpaired) electrons. The third-order valence-electron chi connectivity index (χ3n) is 1.86. The van der Waals surface area contributed by atoms with Gasteiger partial charge >= 0.3 is 0 Å². The molecule has 0 aliphatic heterocycles. The van der Waals surface area contributed by atoms with Crippen molar-refractivity contribution in [3.8, 4) is 0 Å². The maximum absolute atomic E-state index is 5.24. The van der Waals surface area contributed by atoms with Crippen molar-refractivity contribution in [2.24, 2.45) is 10.2 Å². The van der Waals surface area contributed by atoms with E-state index in [-0.39, 0.29) is 0 Å². The Balaban J connectivity index is 2.76. The van der Waals surface area contributed by atoms with Gasteiger partial charge in [0.05, 0.1) is 12.5 Å². The predicted octanol–water partition coefficient (Wildman–Crippen LogP) is 0.157. The Morgan fingerprint density at radius 3 is 2.47 bits per heavy atom. The van der Waals surface area contributed by atoms with E-state index in [4.69, 9.17) is 28.9 Å². The summed E-state index contributed by atoms with van der Waals surface area (Å²) in [6.07, 6.45) is 3.01. The van der Waals surface area contributed by atoms with Gasteiger partial charge in [0, 0.05) is 14.1 Å². The van der Waals surface area contributed by atoms with E-state index in [2.05, 4.69) is 31.7 Å². The van der Waals surface area contributed by atoms with Crippen molar-refractivity contribution in [1.29, 1.82) is 0 Å². The molecule has 0 spiro atoms. The lowest BCUT2D eigenvalue weighted by Crippen LogP contribution is -2.30. The molecule has 1 heterocycles. The van der Waals surface area contributed by atoms with Crippen LogP contribution in [0.1, 0.15) is 5.76 Å². The van der Waals surface area contributed by atoms with Crippen LogP contribution in [0, 0.1) is 0 Å². The molecule has 7 nitrogen and oxygen atoms in total. The van der Waals surface area contributed by atoms with Gasteiger partial charge in [0.2, 0.25) is 0 Å². The monoisotopic (exact) mass is 298 g/mol. The molecule has 0 saturated carbocycles. The smallest absolute Gasteiger partial charge is 0.186 e. The number of hydrogen-bond donors (Lipinski definition) is 4. The minimum atomic E-state index is 0.385. The highest BCUT2D eigenvalue weighted by Crippen LogP contribution is 2.00. The van der Waals surface area contributed by atoms with Crippen LogP contribution in [0.2, 0.25) is 0 Å². The minimum absolute atomic E-state index is 0.385. The summed E-state index contributed by atoms with van der Waals surface area (Å²) in [6, 6.07) is 3.51. The third-order valence-corrected chi connectivity index (χ3v) is 2.45. The van der Waals surface area contributed by atoms with Gasteiger partial charge < -0.3 is 15.1 Å². The van der Waals surface area contributed by atoms with Gasteiger partial charge in [-0.1, -0.05) is 0 Å². The molecule has 0 aliphatic rings. The molecule has 102 valence electrons. The summed E-state index contributed by atoms with van der Waals surface area (Å²) in [5.41, 5.74) is 5.74. The van der Waals surface area contributed by atoms with Gasteiger partial charge in [-0.25, -0.2) is 0 Å². The summed E-state index contributed by atoms with van der Waals surface area (Å²) in [7, 11) is 3.39. The maximum atomic E-state index is 5.24. The van der Waals surface area contributed by atoms with Crippen LogP contribution in [0.3, 0.4) is 0 Å². The van der Waals surface area contributed by atoms with E-state index in [0.717, 1.165) is 0 Å². The summed E-state index contributed by atoms with van der Waals surface area (Å²) in [6.45, 7) is 0. The zero-order valence-corrected chi connectivity index (χ0v) is 12.1. The molecule has 0 amide bonds. The van der Waals surface area contributed by atoms with Crippen LogP contribution in [0.5, 0.6) is 0 Å². The molecular weight excluding hydrogens is 284 g/mol. The molecule has 4 N–H and O–H groups in total. The molecule has 0 saturated heterocycles. The van der Waals surface area contributed by atoms with E-state index in [1.807, 2.05) is 0 Å². The van der Waals surface area contributed by atoms with Gasteiger partial charge in [0.1, 0.15) is 5.71 Å². The molecule has 9 heteroatoms. The quantitative estimate of drug-likeness (QED) is 0.358. The largest absolute Gasteiger partial charge is 0.463 e. The molecular formula is C10H14N6OS2. The molecule has 1 aromatic rings. The minimum Gasteiger partial charge on any atom is -0.463 e. The van der Waals surface area contributed by atoms with Crippen molar-refractivity contribution in [3.63, 3.8) is 0 Å². The van der Waals surface area contributed by atoms with Crippen molar-refractivity contribution < 1.29 is 4.42 Å². The molecule has 19 heavy (non-hydrogen) atoms. The lowest BCUT2D eigenvalue weighted by molar-refractivity contribution is 0.558. The molecule has 0 bridgehead atoms. The average Bonchev–Trinajstić information content (AvgIpc) is 2.95. The first kappa shape index (κ1) is 15.1. The van der Waals surface area contributed by atoms with E-state index in [9.17, 15) is 0 Å². The zero-order chi connectivity index (χ0) is 14.1. The molecule has 1 rings (SSSR count). The van der Waals surface area contributed by atoms with Crippen molar-refractivity contribution in [1.82, 2.24) is 21.5 Å². The van der Waals surface area contributed by atoms with Crippen LogP contribution in [0.25, 0.3) is 0 Å². The first-order valence-corrected chi connectivity index (χ1v) is 6.09. The third kappa shape index (κ3) is 5.44. The number of rotatable bonds is 4. The summed E-state index contributed by atoms with van der Waals surface area (Å²) < 4.78 is 5.24. The molecule has 0 fully saturated rings. The van der Waals surface area contributed by atoms with E-state index in [1.54, 1.807) is 32.5 Å². The van der Waals surface area contributed by atoms with Crippen LogP contribution in [-0.2, 0) is 0 Å². The summed E-state index contributed by atoms with van der Waals surface area (Å²) in [5.74, 6) is 0.548. The topological polar surface area (TPSA) is 86.0 Å². The van der Waals surface area contributed by atoms with E-state index in [1.165, 1.54) is 6.21 Å². The van der Waals surface area contributed by atoms with Gasteiger partial charge in [-0.05, 0) is 36.6 Å². The number of thiocarbonyl (C=S) groups is 2. The highest BCUT2D eigenvalue weighted by molar-refractivity contribution is 7.80. The SMILES string of the molecule is CNC(=S)NN=CC(=NNC(=S)NC)c1ccco1. The van der Waals surface area contributed by atoms with Crippen molar-refractivity contribution in [2.45, 2.75) is 0 Å². The Bertz CT molecular complexity index is 482. The van der Waals surface area contributed by atoms with Crippen LogP contribution in [0.15, 0.2) is 33.0 Å². The number of hydrazone groups is 2. The lowest BCUT2D eigenvalue weighted by atomic mass is 10.3. The van der Waals surface area contributed by atoms with Crippen LogP contribution in [0.4, 0.5) is 0 Å². The fourth-order valence-electron chi connectivity index (χ4n) is 0.947. The second kappa shape index (κ2) is 8.16. The molecule has 1 aromatic heterocycles. The summed E-state index contributed by atoms with van der Waals surface area (Å²) in [5, 5.41) is 14.3. The zero-order valence-electron chi connectivity index (χ0n) is 10.4. The van der Waals surface area contributed by atoms with Crippen molar-refractivity contribution >= 4 is 46.6 Å². The van der Waals surface area contributed by atoms with Gasteiger partial charge in [0.25, 0.3) is 0 Å². The Labute approximate surface area is 121 Å². The maximum Gasteiger partial charge on any atom is 0.186 e. The van der Waals surface area contributed by atoms with Crippen LogP contribution in [-0.4, -0.2) is 36.2 Å². The van der Waals surface area contributed by atoms with Gasteiger partial charge in [-0.15, -0.1) is 0 Å². The van der Waals surface area contributed by atoms with Crippen molar-refractivity contribution in [2.75, 3.05) is 14.1 Å². The van der Waals surface area contributed by atoms with E-state index < -0.39 is 0 Å². The first-order chi connectivity index (χ1) is 9.17. The Kier molecular flexibility index (Phi) is 6.47. The number of hydrogen-bond acceptors (Lipinski definition) is 5. The summed E-state index contributed by atoms with van der Waals surface area (Å²) >= 11 is 9.81. The Morgan fingerprint density at radius 2 is 1.89 bits per heavy atom. The molecule has 0 unspecified atom stereocenters. The fourth-order valence-corrected chi connectivity index (χ4v) is 1.05. The van der Waals surface area contributed by atoms with E-state index in [0.29, 0.717) is 21.7 Å². The Hall–Kier alpha value is -2.00. The van der Waals surface area contributed by atoms with Crippen LogP contribution < -0.4 is 21.5 Å². The fraction of sp³-hybridized carbons (Fsp3) is 0.200. The number of furan rings is 1. The normalized spacial score (nSPS) is 11.2. The highest BCUT2D eigenvalue weighted by atomic mass is 32.1. The molecule has 0 aliphatic carbocycles.